The molecule has 0 unspecified atom stereocenters. The van der Waals surface area contributed by atoms with E-state index in [0.29, 0.717) is 11.1 Å². The van der Waals surface area contributed by atoms with E-state index in [-0.39, 0.29) is 23.0 Å². The van der Waals surface area contributed by atoms with Crippen LogP contribution < -0.4 is 5.43 Å². The average Bonchev–Trinajstić information content (AvgIpc) is 2.70. The van der Waals surface area contributed by atoms with Crippen molar-refractivity contribution in [1.29, 1.82) is 0 Å². The number of hydrazone groups is 1. The van der Waals surface area contributed by atoms with Crippen molar-refractivity contribution in [3.05, 3.63) is 101 Å². The molecule has 0 heterocycles. The summed E-state index contributed by atoms with van der Waals surface area (Å²) < 4.78 is 25.5. The topological polar surface area (TPSA) is 75.6 Å². The lowest BCUT2D eigenvalue weighted by atomic mass is 10.1. The number of hydrogen-bond acceptors (Lipinski definition) is 4. The van der Waals surface area contributed by atoms with Crippen molar-refractivity contribution in [2.45, 2.75) is 24.0 Å². The van der Waals surface area contributed by atoms with Gasteiger partial charge in [0.15, 0.2) is 9.84 Å². The van der Waals surface area contributed by atoms with Gasteiger partial charge in [-0.25, -0.2) is 13.8 Å². The summed E-state index contributed by atoms with van der Waals surface area (Å²) in [4.78, 5) is 12.3. The first-order valence-corrected chi connectivity index (χ1v) is 10.8. The lowest BCUT2D eigenvalue weighted by Gasteiger charge is -2.08. The van der Waals surface area contributed by atoms with Gasteiger partial charge in [-0.05, 0) is 35.7 Å². The normalized spacial score (nSPS) is 11.5. The number of carbonyl (C=O) groups excluding carboxylic acids is 1. The van der Waals surface area contributed by atoms with Gasteiger partial charge in [0.1, 0.15) is 0 Å². The van der Waals surface area contributed by atoms with Gasteiger partial charge in [0.25, 0.3) is 0 Å². The maximum absolute atomic E-state index is 12.7. The van der Waals surface area contributed by atoms with E-state index in [0.717, 1.165) is 11.1 Å². The van der Waals surface area contributed by atoms with Crippen molar-refractivity contribution in [2.24, 2.45) is 5.10 Å². The first-order valence-electron chi connectivity index (χ1n) is 9.17. The molecule has 29 heavy (non-hydrogen) atoms. The van der Waals surface area contributed by atoms with Crippen LogP contribution in [0.3, 0.4) is 0 Å². The molecule has 1 N–H and O–H groups in total. The highest BCUT2D eigenvalue weighted by molar-refractivity contribution is 7.90. The number of nitrogens with zero attached hydrogens (tertiary/aromatic N) is 1. The monoisotopic (exact) mass is 406 g/mol. The number of aryl methyl sites for hydroxylation is 1. The Labute approximate surface area is 171 Å². The number of rotatable bonds is 7. The zero-order chi connectivity index (χ0) is 20.7. The zero-order valence-electron chi connectivity index (χ0n) is 16.1. The van der Waals surface area contributed by atoms with Crippen LogP contribution in [0.2, 0.25) is 0 Å². The van der Waals surface area contributed by atoms with E-state index < -0.39 is 9.84 Å². The second-order valence-corrected chi connectivity index (χ2v) is 8.72. The fourth-order valence-corrected chi connectivity index (χ4v) is 4.21. The van der Waals surface area contributed by atoms with Crippen molar-refractivity contribution >= 4 is 22.0 Å². The van der Waals surface area contributed by atoms with E-state index in [9.17, 15) is 13.2 Å². The van der Waals surface area contributed by atoms with Crippen molar-refractivity contribution in [3.8, 4) is 0 Å². The van der Waals surface area contributed by atoms with E-state index in [1.165, 1.54) is 6.21 Å². The van der Waals surface area contributed by atoms with E-state index in [1.807, 2.05) is 37.3 Å². The number of amides is 1. The number of nitrogens with one attached hydrogen (secondary N) is 1. The van der Waals surface area contributed by atoms with Gasteiger partial charge in [-0.1, -0.05) is 72.3 Å². The Bertz CT molecular complexity index is 1110. The Morgan fingerprint density at radius 3 is 2.31 bits per heavy atom. The molecule has 0 saturated heterocycles. The molecule has 148 valence electrons. The fourth-order valence-electron chi connectivity index (χ4n) is 2.82. The van der Waals surface area contributed by atoms with Gasteiger partial charge in [-0.15, -0.1) is 0 Å². The van der Waals surface area contributed by atoms with E-state index in [2.05, 4.69) is 10.5 Å². The first kappa shape index (κ1) is 20.5. The van der Waals surface area contributed by atoms with E-state index in [1.54, 1.807) is 48.5 Å². The summed E-state index contributed by atoms with van der Waals surface area (Å²) in [6, 6.07) is 23.3. The molecule has 0 aliphatic rings. The largest absolute Gasteiger partial charge is 0.273 e. The van der Waals surface area contributed by atoms with Gasteiger partial charge < -0.3 is 0 Å². The molecule has 5 nitrogen and oxygen atoms in total. The van der Waals surface area contributed by atoms with Crippen molar-refractivity contribution in [3.63, 3.8) is 0 Å². The second kappa shape index (κ2) is 9.30. The average molecular weight is 407 g/mol. The third-order valence-corrected chi connectivity index (χ3v) is 6.06. The van der Waals surface area contributed by atoms with Crippen LogP contribution in [0.15, 0.2) is 88.9 Å². The molecule has 3 aromatic carbocycles. The summed E-state index contributed by atoms with van der Waals surface area (Å²) in [5, 5.41) is 3.99. The Morgan fingerprint density at radius 2 is 1.59 bits per heavy atom. The predicted octanol–water partition coefficient (Wildman–Crippen LogP) is 3.66. The summed E-state index contributed by atoms with van der Waals surface area (Å²) in [6.07, 6.45) is 1.70. The smallest absolute Gasteiger partial charge is 0.244 e. The maximum atomic E-state index is 12.7. The van der Waals surface area contributed by atoms with Gasteiger partial charge in [-0.2, -0.15) is 5.10 Å². The molecule has 0 aliphatic carbocycles. The van der Waals surface area contributed by atoms with Gasteiger partial charge in [0.05, 0.1) is 23.3 Å². The van der Waals surface area contributed by atoms with Gasteiger partial charge >= 0.3 is 0 Å². The number of carbonyl (C=O) groups is 1. The third kappa shape index (κ3) is 5.86. The van der Waals surface area contributed by atoms with Crippen molar-refractivity contribution in [1.82, 2.24) is 5.43 Å². The Balaban J connectivity index is 1.69. The van der Waals surface area contributed by atoms with Gasteiger partial charge in [-0.3, -0.25) is 4.79 Å². The molecule has 0 bridgehead atoms. The Hall–Kier alpha value is -3.25. The van der Waals surface area contributed by atoms with Gasteiger partial charge in [0, 0.05) is 0 Å². The lowest BCUT2D eigenvalue weighted by molar-refractivity contribution is -0.120. The first-order chi connectivity index (χ1) is 13.9. The standard InChI is InChI=1S/C23H22N2O3S/c1-18-11-13-22(14-12-18)29(27,28)17-21-10-6-5-9-20(21)16-24-25-23(26)15-19-7-3-2-4-8-19/h2-14,16H,15,17H2,1H3,(H,25,26)/b24-16-. The Morgan fingerprint density at radius 1 is 0.931 bits per heavy atom. The van der Waals surface area contributed by atoms with Crippen molar-refractivity contribution < 1.29 is 13.2 Å². The van der Waals surface area contributed by atoms with Gasteiger partial charge in [0.2, 0.25) is 5.91 Å². The zero-order valence-corrected chi connectivity index (χ0v) is 16.9. The van der Waals surface area contributed by atoms with Crippen LogP contribution in [0.5, 0.6) is 0 Å². The quantitative estimate of drug-likeness (QED) is 0.481. The molecule has 6 heteroatoms. The molecule has 0 aromatic heterocycles. The minimum absolute atomic E-state index is 0.143. The highest BCUT2D eigenvalue weighted by atomic mass is 32.2. The number of hydrogen-bond donors (Lipinski definition) is 1. The van der Waals surface area contributed by atoms with E-state index in [4.69, 9.17) is 0 Å². The molecule has 3 aromatic rings. The SMILES string of the molecule is Cc1ccc(S(=O)(=O)Cc2ccccc2/C=N\NC(=O)Cc2ccccc2)cc1. The highest BCUT2D eigenvalue weighted by Crippen LogP contribution is 2.19. The summed E-state index contributed by atoms with van der Waals surface area (Å²) in [5.41, 5.74) is 5.65. The second-order valence-electron chi connectivity index (χ2n) is 6.73. The molecule has 0 fully saturated rings. The number of sulfone groups is 1. The highest BCUT2D eigenvalue weighted by Gasteiger charge is 2.16. The summed E-state index contributed by atoms with van der Waals surface area (Å²) in [6.45, 7) is 1.91. The van der Waals surface area contributed by atoms with Crippen LogP contribution in [-0.2, 0) is 26.8 Å². The van der Waals surface area contributed by atoms with Crippen molar-refractivity contribution in [2.75, 3.05) is 0 Å². The molecule has 0 atom stereocenters. The molecular formula is C23H22N2O3S. The summed E-state index contributed by atoms with van der Waals surface area (Å²) >= 11 is 0. The molecular weight excluding hydrogens is 384 g/mol. The molecule has 0 radical (unpaired) electrons. The molecule has 0 saturated carbocycles. The molecule has 1 amide bonds. The third-order valence-electron chi connectivity index (χ3n) is 4.38. The predicted molar refractivity (Wildman–Crippen MR) is 114 cm³/mol. The minimum atomic E-state index is -3.48. The molecule has 0 spiro atoms. The summed E-state index contributed by atoms with van der Waals surface area (Å²) in [7, 11) is -3.48. The minimum Gasteiger partial charge on any atom is -0.273 e. The molecule has 0 aliphatic heterocycles. The fraction of sp³-hybridized carbons (Fsp3) is 0.130. The van der Waals surface area contributed by atoms with Crippen LogP contribution in [0.4, 0.5) is 0 Å². The van der Waals surface area contributed by atoms with Crippen LogP contribution in [0.25, 0.3) is 0 Å². The van der Waals surface area contributed by atoms with Crippen LogP contribution in [0, 0.1) is 6.92 Å². The maximum Gasteiger partial charge on any atom is 0.244 e. The van der Waals surface area contributed by atoms with Crippen LogP contribution in [0.1, 0.15) is 22.3 Å². The van der Waals surface area contributed by atoms with Crippen LogP contribution in [-0.4, -0.2) is 20.5 Å². The lowest BCUT2D eigenvalue weighted by Crippen LogP contribution is -2.19. The summed E-state index contributed by atoms with van der Waals surface area (Å²) in [5.74, 6) is -0.381. The Kier molecular flexibility index (Phi) is 6.57. The van der Waals surface area contributed by atoms with E-state index >= 15 is 0 Å². The number of benzene rings is 3. The van der Waals surface area contributed by atoms with Crippen LogP contribution >= 0.6 is 0 Å². The molecule has 3 rings (SSSR count).